The van der Waals surface area contributed by atoms with Gasteiger partial charge in [-0.15, -0.1) is 0 Å². The number of aromatic nitrogens is 2. The number of rotatable bonds is 4. The van der Waals surface area contributed by atoms with E-state index in [0.29, 0.717) is 105 Å². The lowest BCUT2D eigenvalue weighted by molar-refractivity contribution is -0.134. The number of carbonyl (C=O) groups is 3. The van der Waals surface area contributed by atoms with Gasteiger partial charge in [-0.2, -0.15) is 0 Å². The molecule has 2 aliphatic heterocycles. The van der Waals surface area contributed by atoms with Gasteiger partial charge >= 0.3 is 0 Å². The molecule has 6 rings (SSSR count). The molecule has 11 nitrogen and oxygen atoms in total. The van der Waals surface area contributed by atoms with Crippen molar-refractivity contribution in [1.29, 1.82) is 0 Å². The number of furan rings is 1. The molecule has 12 heteroatoms. The molecular weight excluding hydrogens is 634 g/mol. The van der Waals surface area contributed by atoms with Crippen LogP contribution >= 0.6 is 11.6 Å². The van der Waals surface area contributed by atoms with E-state index in [2.05, 4.69) is 10.3 Å². The number of amides is 3. The molecule has 0 radical (unpaired) electrons. The minimum absolute atomic E-state index is 0.0853. The van der Waals surface area contributed by atoms with Crippen molar-refractivity contribution in [2.75, 3.05) is 39.9 Å². The predicted molar refractivity (Wildman–Crippen MR) is 181 cm³/mol. The summed E-state index contributed by atoms with van der Waals surface area (Å²) in [6.07, 6.45) is 6.44. The summed E-state index contributed by atoms with van der Waals surface area (Å²) in [4.78, 5) is 47.8. The molecule has 2 aliphatic rings. The highest BCUT2D eigenvalue weighted by Crippen LogP contribution is 2.33. The van der Waals surface area contributed by atoms with Crippen LogP contribution in [0.1, 0.15) is 48.2 Å². The highest BCUT2D eigenvalue weighted by molar-refractivity contribution is 6.33. The van der Waals surface area contributed by atoms with Crippen LogP contribution in [-0.2, 0) is 16.1 Å². The summed E-state index contributed by atoms with van der Waals surface area (Å²) in [5, 5.41) is 3.35. The average molecular weight is 674 g/mol. The van der Waals surface area contributed by atoms with Gasteiger partial charge in [0.05, 0.1) is 24.3 Å². The number of benzene rings is 2. The van der Waals surface area contributed by atoms with Crippen LogP contribution in [0.3, 0.4) is 0 Å². The molecule has 2 aromatic heterocycles. The quantitative estimate of drug-likeness (QED) is 0.300. The molecule has 1 saturated heterocycles. The third kappa shape index (κ3) is 7.36. The lowest BCUT2D eigenvalue weighted by atomic mass is 10.1. The first-order valence-electron chi connectivity index (χ1n) is 16.4. The third-order valence-corrected chi connectivity index (χ3v) is 9.19. The van der Waals surface area contributed by atoms with E-state index in [1.54, 1.807) is 32.4 Å². The van der Waals surface area contributed by atoms with Crippen molar-refractivity contribution in [3.63, 3.8) is 0 Å². The number of methoxy groups -OCH3 is 1. The van der Waals surface area contributed by atoms with Crippen LogP contribution < -0.4 is 14.8 Å². The first-order valence-corrected chi connectivity index (χ1v) is 16.7. The Morgan fingerprint density at radius 2 is 1.79 bits per heavy atom. The Morgan fingerprint density at radius 1 is 1.00 bits per heavy atom. The minimum Gasteiger partial charge on any atom is -0.493 e. The van der Waals surface area contributed by atoms with Gasteiger partial charge in [0.25, 0.3) is 5.91 Å². The Hall–Kier alpha value is -4.77. The number of imidazole rings is 1. The largest absolute Gasteiger partial charge is 0.493 e. The van der Waals surface area contributed by atoms with Crippen molar-refractivity contribution in [3.05, 3.63) is 77.3 Å². The molecule has 2 aromatic carbocycles. The van der Waals surface area contributed by atoms with Crippen molar-refractivity contribution >= 4 is 29.3 Å². The molecule has 4 aromatic rings. The molecule has 1 N–H and O–H groups in total. The zero-order valence-electron chi connectivity index (χ0n) is 27.2. The maximum absolute atomic E-state index is 14.1. The fourth-order valence-corrected chi connectivity index (χ4v) is 6.50. The zero-order valence-corrected chi connectivity index (χ0v) is 28.0. The second-order valence-electron chi connectivity index (χ2n) is 12.1. The van der Waals surface area contributed by atoms with E-state index in [4.69, 9.17) is 25.5 Å². The molecular formula is C36H40ClN5O6. The van der Waals surface area contributed by atoms with Gasteiger partial charge in [-0.3, -0.25) is 14.4 Å². The monoisotopic (exact) mass is 673 g/mol. The van der Waals surface area contributed by atoms with E-state index in [-0.39, 0.29) is 17.7 Å². The molecule has 0 aliphatic carbocycles. The maximum Gasteiger partial charge on any atom is 0.257 e. The molecule has 0 saturated carbocycles. The highest BCUT2D eigenvalue weighted by Gasteiger charge is 2.31. The molecule has 1 atom stereocenters. The number of fused-ring (bicyclic) bond motifs is 4. The summed E-state index contributed by atoms with van der Waals surface area (Å²) in [6.45, 7) is 4.53. The van der Waals surface area contributed by atoms with E-state index < -0.39 is 6.04 Å². The standard InChI is InChI=1S/C36H40ClN5O6/c1-24-27(23-31(48-24)26-8-3-4-9-28(26)37)35(44)42-16-6-5-15-41(36(45)29-11-13-33(43)39-29)17-7-21-47-32-22-25(10-12-30(32)46-2)34-38-14-18-40(34)19-20-42/h3-4,8-10,12,14,18,22-23,29H,5-7,11,13,15-17,19-21H2,1-2H3,(H,39,43)/t29-/m1/s1. The van der Waals surface area contributed by atoms with E-state index in [1.165, 1.54) is 0 Å². The van der Waals surface area contributed by atoms with Gasteiger partial charge in [-0.1, -0.05) is 23.7 Å². The van der Waals surface area contributed by atoms with Crippen LogP contribution in [0, 0.1) is 6.92 Å². The molecule has 2 bridgehead atoms. The summed E-state index contributed by atoms with van der Waals surface area (Å²) >= 11 is 6.44. The van der Waals surface area contributed by atoms with Crippen molar-refractivity contribution in [1.82, 2.24) is 24.7 Å². The molecule has 0 unspecified atom stereocenters. The van der Waals surface area contributed by atoms with Crippen LogP contribution in [0.5, 0.6) is 11.5 Å². The number of aryl methyl sites for hydroxylation is 1. The summed E-state index contributed by atoms with van der Waals surface area (Å²) in [7, 11) is 1.60. The maximum atomic E-state index is 14.1. The second-order valence-corrected chi connectivity index (χ2v) is 12.5. The number of nitrogens with one attached hydrogen (secondary N) is 1. The number of nitrogens with zero attached hydrogens (tertiary/aromatic N) is 4. The molecule has 3 amide bonds. The molecule has 48 heavy (non-hydrogen) atoms. The summed E-state index contributed by atoms with van der Waals surface area (Å²) in [5.74, 6) is 2.65. The number of hydrogen-bond donors (Lipinski definition) is 1. The highest BCUT2D eigenvalue weighted by atomic mass is 35.5. The van der Waals surface area contributed by atoms with Gasteiger partial charge < -0.3 is 33.6 Å². The Bertz CT molecular complexity index is 1780. The lowest BCUT2D eigenvalue weighted by Crippen LogP contribution is -2.45. The van der Waals surface area contributed by atoms with Crippen LogP contribution in [-0.4, -0.2) is 83.0 Å². The fourth-order valence-electron chi connectivity index (χ4n) is 6.28. The van der Waals surface area contributed by atoms with Gasteiger partial charge in [-0.05, 0) is 69.0 Å². The molecule has 1 fully saturated rings. The van der Waals surface area contributed by atoms with Crippen LogP contribution in [0.15, 0.2) is 65.3 Å². The first kappa shape index (κ1) is 33.1. The Balaban J connectivity index is 1.28. The smallest absolute Gasteiger partial charge is 0.257 e. The SMILES string of the molecule is COc1ccc2cc1OCCCN(C(=O)[C@H]1CCC(=O)N1)CCCCN(C(=O)c1cc(-c3ccccc3Cl)oc1C)CCn1ccnc1-2. The summed E-state index contributed by atoms with van der Waals surface area (Å²) < 4.78 is 19.8. The van der Waals surface area contributed by atoms with Gasteiger partial charge in [0.15, 0.2) is 11.5 Å². The molecule has 252 valence electrons. The topological polar surface area (TPSA) is 119 Å². The third-order valence-electron chi connectivity index (χ3n) is 8.86. The van der Waals surface area contributed by atoms with E-state index in [9.17, 15) is 14.4 Å². The fraction of sp³-hybridized carbons (Fsp3) is 0.389. The number of ether oxygens (including phenoxy) is 2. The van der Waals surface area contributed by atoms with Crippen molar-refractivity contribution in [2.45, 2.75) is 51.6 Å². The second kappa shape index (κ2) is 15.0. The normalized spacial score (nSPS) is 17.6. The minimum atomic E-state index is -0.513. The lowest BCUT2D eigenvalue weighted by Gasteiger charge is -2.27. The average Bonchev–Trinajstić information content (AvgIpc) is 3.84. The Kier molecular flexibility index (Phi) is 10.3. The van der Waals surface area contributed by atoms with Crippen molar-refractivity contribution in [2.24, 2.45) is 0 Å². The molecule has 0 spiro atoms. The Morgan fingerprint density at radius 3 is 2.56 bits per heavy atom. The predicted octanol–water partition coefficient (Wildman–Crippen LogP) is 5.59. The van der Waals surface area contributed by atoms with Gasteiger partial charge in [0.1, 0.15) is 23.4 Å². The molecule has 4 heterocycles. The summed E-state index contributed by atoms with van der Waals surface area (Å²) in [5.41, 5.74) is 2.05. The zero-order chi connectivity index (χ0) is 33.6. The van der Waals surface area contributed by atoms with Crippen molar-refractivity contribution in [3.8, 4) is 34.2 Å². The Labute approximate surface area is 284 Å². The number of carbonyl (C=O) groups excluding carboxylic acids is 3. The van der Waals surface area contributed by atoms with Gasteiger partial charge in [0, 0.05) is 62.7 Å². The van der Waals surface area contributed by atoms with Crippen LogP contribution in [0.2, 0.25) is 5.02 Å². The van der Waals surface area contributed by atoms with E-state index >= 15 is 0 Å². The van der Waals surface area contributed by atoms with E-state index in [1.807, 2.05) is 57.0 Å². The summed E-state index contributed by atoms with van der Waals surface area (Å²) in [6, 6.07) is 14.3. The van der Waals surface area contributed by atoms with Crippen molar-refractivity contribution < 1.29 is 28.3 Å². The van der Waals surface area contributed by atoms with Gasteiger partial charge in [0.2, 0.25) is 11.8 Å². The van der Waals surface area contributed by atoms with Crippen LogP contribution in [0.4, 0.5) is 0 Å². The van der Waals surface area contributed by atoms with Gasteiger partial charge in [-0.25, -0.2) is 4.98 Å². The van der Waals surface area contributed by atoms with E-state index in [0.717, 1.165) is 17.0 Å². The van der Waals surface area contributed by atoms with Crippen LogP contribution in [0.25, 0.3) is 22.7 Å². The number of halogens is 1. The first-order chi connectivity index (χ1) is 23.3. The number of hydrogen-bond acceptors (Lipinski definition) is 7.